The Morgan fingerprint density at radius 2 is 1.05 bits per heavy atom. The zero-order valence-corrected chi connectivity index (χ0v) is 27.7. The second kappa shape index (κ2) is 12.4. The van der Waals surface area contributed by atoms with Crippen LogP contribution in [0.15, 0.2) is 56.3 Å². The van der Waals surface area contributed by atoms with Crippen molar-refractivity contribution in [3.05, 3.63) is 78.5 Å². The van der Waals surface area contributed by atoms with Gasteiger partial charge >= 0.3 is 226 Å². The average molecular weight is 602 g/mol. The Kier molecular flexibility index (Phi) is 9.96. The first kappa shape index (κ1) is 29.6. The first-order valence-corrected chi connectivity index (χ1v) is 21.5. The number of allylic oxidation sites excluding steroid dienone is 2. The minimum absolute atomic E-state index is 0. The van der Waals surface area contributed by atoms with E-state index in [9.17, 15) is 0 Å². The smallest absolute Gasteiger partial charge is 1.00 e. The number of unbranched alkanes of at least 4 members (excludes halogenated alkanes) is 2. The number of rotatable bonds is 10. The van der Waals surface area contributed by atoms with Gasteiger partial charge in [-0.05, 0) is 0 Å². The van der Waals surface area contributed by atoms with Crippen molar-refractivity contribution in [2.24, 2.45) is 0 Å². The SMILES string of the molecule is CCCC[Si]1(C2[C]([Ti+2][C]3=Cc4ccccc4C3[Si]3(CCCC)CCC3)=Cc3ccccc32)CCC1.[Cl-].[Cl-]. The Balaban J connectivity index is 0.00000160. The molecule has 2 aliphatic heterocycles. The van der Waals surface area contributed by atoms with Crippen molar-refractivity contribution in [2.45, 2.75) is 99.7 Å². The van der Waals surface area contributed by atoms with E-state index >= 15 is 0 Å². The maximum Gasteiger partial charge on any atom is -1.00 e. The van der Waals surface area contributed by atoms with Gasteiger partial charge in [0, 0.05) is 0 Å². The fourth-order valence-corrected chi connectivity index (χ4v) is 24.4. The number of fused-ring (bicyclic) bond motifs is 2. The van der Waals surface area contributed by atoms with E-state index < -0.39 is 16.1 Å². The van der Waals surface area contributed by atoms with E-state index in [0.717, 1.165) is 11.1 Å². The van der Waals surface area contributed by atoms with E-state index in [1.165, 1.54) is 38.5 Å². The van der Waals surface area contributed by atoms with Gasteiger partial charge in [-0.3, -0.25) is 0 Å². The van der Waals surface area contributed by atoms with Crippen LogP contribution in [0.25, 0.3) is 12.2 Å². The number of halogens is 2. The Hall–Kier alpha value is -0.352. The molecular formula is C32H42Cl2Si2Ti. The topological polar surface area (TPSA) is 0 Å². The van der Waals surface area contributed by atoms with Gasteiger partial charge in [0.2, 0.25) is 0 Å². The van der Waals surface area contributed by atoms with E-state index in [-0.39, 0.29) is 44.0 Å². The van der Waals surface area contributed by atoms with Crippen LogP contribution in [0.2, 0.25) is 36.3 Å². The van der Waals surface area contributed by atoms with E-state index in [4.69, 9.17) is 0 Å². The van der Waals surface area contributed by atoms with Crippen LogP contribution in [0.3, 0.4) is 0 Å². The zero-order chi connectivity index (χ0) is 23.9. The molecule has 0 saturated carbocycles. The molecule has 0 bridgehead atoms. The van der Waals surface area contributed by atoms with Crippen molar-refractivity contribution in [3.63, 3.8) is 0 Å². The predicted octanol–water partition coefficient (Wildman–Crippen LogP) is 3.74. The predicted molar refractivity (Wildman–Crippen MR) is 154 cm³/mol. The largest absolute Gasteiger partial charge is 1.00 e. The molecule has 2 aromatic carbocycles. The minimum atomic E-state index is -1.23. The first-order valence-electron chi connectivity index (χ1n) is 14.6. The van der Waals surface area contributed by atoms with Crippen LogP contribution in [0.5, 0.6) is 0 Å². The van der Waals surface area contributed by atoms with Gasteiger partial charge in [-0.15, -0.1) is 0 Å². The molecule has 2 unspecified atom stereocenters. The molecule has 196 valence electrons. The summed E-state index contributed by atoms with van der Waals surface area (Å²) in [6.45, 7) is 4.80. The van der Waals surface area contributed by atoms with Crippen LogP contribution in [-0.2, 0) is 19.2 Å². The van der Waals surface area contributed by atoms with E-state index in [1.54, 1.807) is 58.5 Å². The monoisotopic (exact) mass is 600 g/mol. The molecule has 0 aromatic heterocycles. The quantitative estimate of drug-likeness (QED) is 0.365. The van der Waals surface area contributed by atoms with Gasteiger partial charge in [-0.1, -0.05) is 0 Å². The van der Waals surface area contributed by atoms with Crippen molar-refractivity contribution >= 4 is 28.3 Å². The van der Waals surface area contributed by atoms with Crippen molar-refractivity contribution in [2.75, 3.05) is 0 Å². The van der Waals surface area contributed by atoms with Crippen LogP contribution in [0, 0.1) is 0 Å². The molecule has 37 heavy (non-hydrogen) atoms. The van der Waals surface area contributed by atoms with Gasteiger partial charge in [0.1, 0.15) is 0 Å². The second-order valence-electron chi connectivity index (χ2n) is 12.1. The molecular weight excluding hydrogens is 559 g/mol. The van der Waals surface area contributed by atoms with Crippen molar-refractivity contribution < 1.29 is 44.0 Å². The summed E-state index contributed by atoms with van der Waals surface area (Å²) >= 11 is -0.256. The summed E-state index contributed by atoms with van der Waals surface area (Å²) in [6, 6.07) is 28.6. The molecule has 5 heteroatoms. The maximum atomic E-state index is 2.72. The molecule has 0 spiro atoms. The van der Waals surface area contributed by atoms with Gasteiger partial charge < -0.3 is 24.8 Å². The van der Waals surface area contributed by atoms with E-state index in [0.29, 0.717) is 0 Å². The maximum absolute atomic E-state index is 2.72. The van der Waals surface area contributed by atoms with Crippen LogP contribution in [-0.4, -0.2) is 16.1 Å². The third-order valence-electron chi connectivity index (χ3n) is 10.1. The van der Waals surface area contributed by atoms with E-state index in [1.807, 2.05) is 7.76 Å². The summed E-state index contributed by atoms with van der Waals surface area (Å²) < 4.78 is 3.88. The third-order valence-corrected chi connectivity index (χ3v) is 25.1. The second-order valence-corrected chi connectivity index (χ2v) is 23.9. The van der Waals surface area contributed by atoms with Crippen LogP contribution < -0.4 is 24.8 Å². The fraction of sp³-hybridized carbons (Fsp3) is 0.500. The Morgan fingerprint density at radius 1 is 0.649 bits per heavy atom. The van der Waals surface area contributed by atoms with Gasteiger partial charge in [-0.2, -0.15) is 0 Å². The molecule has 0 radical (unpaired) electrons. The van der Waals surface area contributed by atoms with Crippen molar-refractivity contribution in [1.29, 1.82) is 0 Å². The van der Waals surface area contributed by atoms with Gasteiger partial charge in [0.25, 0.3) is 0 Å². The third kappa shape index (κ3) is 5.25. The van der Waals surface area contributed by atoms with Gasteiger partial charge in [-0.25, -0.2) is 0 Å². The normalized spacial score (nSPS) is 23.6. The Bertz CT molecular complexity index is 1060. The molecule has 2 aliphatic carbocycles. The summed E-state index contributed by atoms with van der Waals surface area (Å²) in [4.78, 5) is 0. The summed E-state index contributed by atoms with van der Waals surface area (Å²) in [6.07, 6.45) is 14.1. The number of hydrogen-bond donors (Lipinski definition) is 0. The van der Waals surface area contributed by atoms with Gasteiger partial charge in [0.05, 0.1) is 0 Å². The molecule has 6 rings (SSSR count). The summed E-state index contributed by atoms with van der Waals surface area (Å²) in [5, 5.41) is 0. The van der Waals surface area contributed by atoms with Crippen LogP contribution in [0.1, 0.15) is 85.7 Å². The average Bonchev–Trinajstić information content (AvgIpc) is 3.37. The standard InChI is InChI=1S/2C16H21Si.2ClH.Ti/c2*1-2-3-11-17(12-6-13-17)16-10-9-14-7-4-5-8-15(14)16;;;/h2*4-5,7-9,16H,2-3,6,11-13H2,1H3;2*1H;/q;;;;+2/p-2. The van der Waals surface area contributed by atoms with Crippen molar-refractivity contribution in [1.82, 2.24) is 0 Å². The molecule has 2 atom stereocenters. The summed E-state index contributed by atoms with van der Waals surface area (Å²) in [5.41, 5.74) is 8.34. The molecule has 4 aliphatic rings. The molecule has 0 N–H and O–H groups in total. The molecule has 2 heterocycles. The molecule has 0 nitrogen and oxygen atoms in total. The molecule has 0 amide bonds. The number of benzene rings is 2. The van der Waals surface area contributed by atoms with Crippen LogP contribution >= 0.6 is 0 Å². The van der Waals surface area contributed by atoms with E-state index in [2.05, 4.69) is 74.5 Å². The van der Waals surface area contributed by atoms with Crippen molar-refractivity contribution in [3.8, 4) is 0 Å². The first-order chi connectivity index (χ1) is 17.2. The summed E-state index contributed by atoms with van der Waals surface area (Å²) in [5.74, 6) is 0. The minimum Gasteiger partial charge on any atom is -1.00 e. The Morgan fingerprint density at radius 3 is 1.41 bits per heavy atom. The van der Waals surface area contributed by atoms with Gasteiger partial charge in [0.15, 0.2) is 0 Å². The Labute approximate surface area is 249 Å². The fourth-order valence-electron chi connectivity index (χ4n) is 8.04. The zero-order valence-electron chi connectivity index (χ0n) is 22.7. The van der Waals surface area contributed by atoms with Crippen LogP contribution in [0.4, 0.5) is 0 Å². The molecule has 2 fully saturated rings. The molecule has 2 saturated heterocycles. The molecule has 2 aromatic rings. The number of hydrogen-bond acceptors (Lipinski definition) is 0. The summed E-state index contributed by atoms with van der Waals surface area (Å²) in [7, 11) is -2.47.